The smallest absolute Gasteiger partial charge is 0.224 e. The van der Waals surface area contributed by atoms with Crippen LogP contribution in [0.1, 0.15) is 42.9 Å². The number of para-hydroxylation sites is 1. The van der Waals surface area contributed by atoms with Gasteiger partial charge < -0.3 is 19.8 Å². The number of anilines is 1. The van der Waals surface area contributed by atoms with Crippen molar-refractivity contribution in [3.05, 3.63) is 65.7 Å². The highest BCUT2D eigenvalue weighted by atomic mass is 16.5. The second-order valence-electron chi connectivity index (χ2n) is 10.4. The highest BCUT2D eigenvalue weighted by Crippen LogP contribution is 2.66. The number of phenolic OH excluding ortho intramolecular Hbond substituents is 1. The van der Waals surface area contributed by atoms with E-state index >= 15 is 0 Å². The third kappa shape index (κ3) is 2.56. The van der Waals surface area contributed by atoms with Gasteiger partial charge >= 0.3 is 0 Å². The van der Waals surface area contributed by atoms with Crippen LogP contribution in [0.5, 0.6) is 11.5 Å². The van der Waals surface area contributed by atoms with Crippen molar-refractivity contribution < 1.29 is 19.7 Å². The van der Waals surface area contributed by atoms with Crippen LogP contribution >= 0.6 is 0 Å². The van der Waals surface area contributed by atoms with Crippen molar-refractivity contribution in [1.82, 2.24) is 4.90 Å². The molecule has 1 amide bonds. The van der Waals surface area contributed by atoms with Crippen LogP contribution in [-0.2, 0) is 16.6 Å². The monoisotopic (exact) mass is 460 g/mol. The second kappa shape index (κ2) is 7.33. The first-order chi connectivity index (χ1) is 16.3. The maximum atomic E-state index is 13.1. The molecule has 5 atom stereocenters. The number of benzene rings is 2. The van der Waals surface area contributed by atoms with E-state index in [0.717, 1.165) is 35.5 Å². The standard InChI is InChI=1S/C28H32N2O4/c1-4-14-29-15-13-27-24-19-9-10-22(32)25(24)34-26(27)21(11-12-28(27,33)23(29)16-19)30(18(3)31)20-8-6-5-7-17(20)2/h4-10,21,23,26,32-33H,1,11-16H2,2-3H3/t21-,23+,26-,27-,28+/m0/s1. The summed E-state index contributed by atoms with van der Waals surface area (Å²) in [5.41, 5.74) is 2.32. The number of amides is 1. The zero-order valence-corrected chi connectivity index (χ0v) is 19.8. The van der Waals surface area contributed by atoms with Gasteiger partial charge in [-0.2, -0.15) is 0 Å². The molecule has 0 radical (unpaired) electrons. The average molecular weight is 461 g/mol. The molecule has 178 valence electrons. The number of aliphatic hydroxyl groups is 1. The van der Waals surface area contributed by atoms with Gasteiger partial charge in [-0.25, -0.2) is 0 Å². The SMILES string of the molecule is C=CCN1CC[C@]23c4c5ccc(O)c4O[C@H]2[C@@H](N(C(C)=O)c2ccccc2C)CC[C@@]3(O)[C@H]1C5. The third-order valence-corrected chi connectivity index (χ3v) is 8.95. The maximum Gasteiger partial charge on any atom is 0.224 e. The van der Waals surface area contributed by atoms with E-state index in [4.69, 9.17) is 4.74 Å². The van der Waals surface area contributed by atoms with Crippen LogP contribution in [0.4, 0.5) is 5.69 Å². The Labute approximate surface area is 200 Å². The number of phenols is 1. The average Bonchev–Trinajstić information content (AvgIpc) is 3.16. The van der Waals surface area contributed by atoms with Gasteiger partial charge in [0.05, 0.1) is 17.1 Å². The molecule has 2 aliphatic carbocycles. The summed E-state index contributed by atoms with van der Waals surface area (Å²) in [6.07, 6.45) is 4.08. The molecular formula is C28H32N2O4. The van der Waals surface area contributed by atoms with Gasteiger partial charge in [-0.3, -0.25) is 9.69 Å². The Morgan fingerprint density at radius 2 is 2.09 bits per heavy atom. The summed E-state index contributed by atoms with van der Waals surface area (Å²) in [6.45, 7) is 9.09. The maximum absolute atomic E-state index is 13.1. The molecule has 1 saturated heterocycles. The van der Waals surface area contributed by atoms with Crippen LogP contribution in [0.2, 0.25) is 0 Å². The molecule has 0 aromatic heterocycles. The molecule has 2 aromatic rings. The summed E-state index contributed by atoms with van der Waals surface area (Å²) in [7, 11) is 0. The Balaban J connectivity index is 1.55. The second-order valence-corrected chi connectivity index (χ2v) is 10.4. The lowest BCUT2D eigenvalue weighted by Gasteiger charge is -2.64. The fraction of sp³-hybridized carbons (Fsp3) is 0.464. The number of ether oxygens (including phenoxy) is 1. The zero-order chi connectivity index (χ0) is 23.8. The first-order valence-electron chi connectivity index (χ1n) is 12.3. The molecular weight excluding hydrogens is 428 g/mol. The first kappa shape index (κ1) is 21.7. The van der Waals surface area contributed by atoms with Crippen LogP contribution in [0, 0.1) is 6.92 Å². The summed E-state index contributed by atoms with van der Waals surface area (Å²) in [5, 5.41) is 23.3. The molecule has 0 unspecified atom stereocenters. The summed E-state index contributed by atoms with van der Waals surface area (Å²) >= 11 is 0. The number of hydrogen-bond donors (Lipinski definition) is 2. The molecule has 2 N–H and O–H groups in total. The number of piperidine rings is 1. The molecule has 1 saturated carbocycles. The van der Waals surface area contributed by atoms with Gasteiger partial charge in [-0.1, -0.05) is 30.3 Å². The van der Waals surface area contributed by atoms with E-state index in [1.54, 1.807) is 13.0 Å². The number of hydrogen-bond acceptors (Lipinski definition) is 5. The normalized spacial score (nSPS) is 33.1. The highest BCUT2D eigenvalue weighted by molar-refractivity contribution is 5.93. The quantitative estimate of drug-likeness (QED) is 0.684. The Morgan fingerprint density at radius 3 is 2.82 bits per heavy atom. The lowest BCUT2D eigenvalue weighted by molar-refractivity contribution is -0.187. The van der Waals surface area contributed by atoms with Crippen molar-refractivity contribution in [3.8, 4) is 11.5 Å². The molecule has 2 aromatic carbocycles. The molecule has 4 aliphatic rings. The van der Waals surface area contributed by atoms with Gasteiger partial charge in [0.2, 0.25) is 5.91 Å². The van der Waals surface area contributed by atoms with Gasteiger partial charge in [-0.05, 0) is 62.4 Å². The number of nitrogens with zero attached hydrogens (tertiary/aromatic N) is 2. The number of likely N-dealkylation sites (tertiary alicyclic amines) is 1. The Hall–Kier alpha value is -2.83. The molecule has 6 rings (SSSR count). The van der Waals surface area contributed by atoms with Crippen LogP contribution in [0.25, 0.3) is 0 Å². The summed E-state index contributed by atoms with van der Waals surface area (Å²) < 4.78 is 6.63. The number of rotatable bonds is 4. The van der Waals surface area contributed by atoms with Gasteiger partial charge in [0, 0.05) is 30.8 Å². The van der Waals surface area contributed by atoms with Crippen molar-refractivity contribution in [2.24, 2.45) is 0 Å². The van der Waals surface area contributed by atoms with Crippen LogP contribution in [0.3, 0.4) is 0 Å². The number of carbonyl (C=O) groups excluding carboxylic acids is 1. The van der Waals surface area contributed by atoms with Gasteiger partial charge in [0.25, 0.3) is 0 Å². The Morgan fingerprint density at radius 1 is 1.29 bits per heavy atom. The van der Waals surface area contributed by atoms with Crippen LogP contribution in [0.15, 0.2) is 49.1 Å². The Bertz CT molecular complexity index is 1190. The minimum atomic E-state index is -1.00. The van der Waals surface area contributed by atoms with E-state index in [1.165, 1.54) is 0 Å². The molecule has 2 fully saturated rings. The predicted molar refractivity (Wildman–Crippen MR) is 130 cm³/mol. The van der Waals surface area contributed by atoms with Gasteiger partial charge in [0.1, 0.15) is 6.10 Å². The van der Waals surface area contributed by atoms with E-state index < -0.39 is 17.1 Å². The summed E-state index contributed by atoms with van der Waals surface area (Å²) in [4.78, 5) is 17.3. The predicted octanol–water partition coefficient (Wildman–Crippen LogP) is 3.46. The number of aryl methyl sites for hydroxylation is 1. The molecule has 6 heteroatoms. The minimum absolute atomic E-state index is 0.0402. The van der Waals surface area contributed by atoms with Gasteiger partial charge in [0.15, 0.2) is 11.5 Å². The topological polar surface area (TPSA) is 73.2 Å². The van der Waals surface area contributed by atoms with E-state index in [0.29, 0.717) is 31.4 Å². The van der Waals surface area contributed by atoms with Crippen molar-refractivity contribution in [2.45, 2.75) is 68.7 Å². The van der Waals surface area contributed by atoms with E-state index in [9.17, 15) is 15.0 Å². The summed E-state index contributed by atoms with van der Waals surface area (Å²) in [6, 6.07) is 11.3. The van der Waals surface area contributed by atoms with Crippen LogP contribution < -0.4 is 9.64 Å². The number of carbonyl (C=O) groups is 1. The third-order valence-electron chi connectivity index (χ3n) is 8.95. The first-order valence-corrected chi connectivity index (χ1v) is 12.3. The fourth-order valence-corrected chi connectivity index (χ4v) is 7.67. The van der Waals surface area contributed by atoms with E-state index in [1.807, 2.05) is 48.2 Å². The van der Waals surface area contributed by atoms with E-state index in [-0.39, 0.29) is 23.7 Å². The zero-order valence-electron chi connectivity index (χ0n) is 19.8. The van der Waals surface area contributed by atoms with Crippen molar-refractivity contribution in [2.75, 3.05) is 18.0 Å². The van der Waals surface area contributed by atoms with Crippen molar-refractivity contribution >= 4 is 11.6 Å². The molecule has 6 nitrogen and oxygen atoms in total. The Kier molecular flexibility index (Phi) is 4.68. The lowest BCUT2D eigenvalue weighted by atomic mass is 9.48. The van der Waals surface area contributed by atoms with Crippen molar-refractivity contribution in [3.63, 3.8) is 0 Å². The number of aromatic hydroxyl groups is 1. The van der Waals surface area contributed by atoms with Gasteiger partial charge in [-0.15, -0.1) is 6.58 Å². The molecule has 2 heterocycles. The highest BCUT2D eigenvalue weighted by Gasteiger charge is 2.73. The largest absolute Gasteiger partial charge is 0.504 e. The van der Waals surface area contributed by atoms with E-state index in [2.05, 4.69) is 11.5 Å². The molecule has 1 spiro atoms. The minimum Gasteiger partial charge on any atom is -0.504 e. The molecule has 2 bridgehead atoms. The van der Waals surface area contributed by atoms with Crippen LogP contribution in [-0.4, -0.2) is 57.9 Å². The molecule has 2 aliphatic heterocycles. The molecule has 34 heavy (non-hydrogen) atoms. The summed E-state index contributed by atoms with van der Waals surface area (Å²) in [5.74, 6) is 0.569. The lowest BCUT2D eigenvalue weighted by Crippen LogP contribution is -2.78. The van der Waals surface area contributed by atoms with Crippen molar-refractivity contribution in [1.29, 1.82) is 0 Å². The fourth-order valence-electron chi connectivity index (χ4n) is 7.67.